The van der Waals surface area contributed by atoms with Crippen LogP contribution in [0.3, 0.4) is 0 Å². The lowest BCUT2D eigenvalue weighted by atomic mass is 9.73. The highest BCUT2D eigenvalue weighted by Gasteiger charge is 2.59. The molecule has 1 amide bonds. The molecule has 0 unspecified atom stereocenters. The highest BCUT2D eigenvalue weighted by atomic mass is 32.2. The first kappa shape index (κ1) is 21.6. The second-order valence-electron chi connectivity index (χ2n) is 7.82. The Balaban J connectivity index is 1.69. The number of ether oxygens (including phenoxy) is 1. The molecular weight excluding hydrogens is 424 g/mol. The van der Waals surface area contributed by atoms with Crippen LogP contribution in [0, 0.1) is 5.82 Å². The highest BCUT2D eigenvalue weighted by Crippen LogP contribution is 2.51. The summed E-state index contributed by atoms with van der Waals surface area (Å²) in [5.74, 6) is -1.10. The van der Waals surface area contributed by atoms with Crippen LogP contribution in [0.1, 0.15) is 42.0 Å². The van der Waals surface area contributed by atoms with E-state index in [1.807, 2.05) is 6.92 Å². The summed E-state index contributed by atoms with van der Waals surface area (Å²) < 4.78 is 36.4. The van der Waals surface area contributed by atoms with Gasteiger partial charge >= 0.3 is 0 Å². The number of benzene rings is 1. The normalized spacial score (nSPS) is 27.9. The van der Waals surface area contributed by atoms with Crippen molar-refractivity contribution in [3.05, 3.63) is 53.4 Å². The fourth-order valence-electron chi connectivity index (χ4n) is 3.95. The van der Waals surface area contributed by atoms with Crippen LogP contribution in [-0.2, 0) is 16.7 Å². The van der Waals surface area contributed by atoms with Crippen molar-refractivity contribution in [3.8, 4) is 0 Å². The Morgan fingerprint density at radius 1 is 1.35 bits per heavy atom. The fourth-order valence-corrected chi connectivity index (χ4v) is 4.91. The molecule has 31 heavy (non-hydrogen) atoms. The van der Waals surface area contributed by atoms with E-state index in [2.05, 4.69) is 20.3 Å². The number of halogens is 2. The predicted molar refractivity (Wildman–Crippen MR) is 115 cm³/mol. The fraction of sp³-hybridized carbons (Fsp3) is 0.429. The number of rotatable bonds is 4. The molecule has 10 heteroatoms. The Bertz CT molecular complexity index is 1030. The van der Waals surface area contributed by atoms with Gasteiger partial charge in [-0.25, -0.2) is 18.8 Å². The molecular formula is C21H23F2N5O2S. The lowest BCUT2D eigenvalue weighted by molar-refractivity contribution is -0.106. The second kappa shape index (κ2) is 8.16. The number of amides is 1. The Kier molecular flexibility index (Phi) is 5.69. The highest BCUT2D eigenvalue weighted by molar-refractivity contribution is 8.13. The number of anilines is 1. The zero-order chi connectivity index (χ0) is 22.2. The van der Waals surface area contributed by atoms with Gasteiger partial charge in [-0.1, -0.05) is 18.7 Å². The standard InChI is InChI=1S/C21H23F2N5O2S/c1-3-15-8-26-17(9-25-15)18(29)27-16-5-13(4-14(22)6-16)21-10-30-12(2)7-20(21,23)11-31-19(24)28-21/h4-6,8-9,12H,3,7,10-11H2,1-2H3,(H2,24,28)(H,27,29)/t12-,20+,21+/m0/s1. The molecule has 164 valence electrons. The molecule has 1 aromatic carbocycles. The molecule has 1 saturated heterocycles. The minimum atomic E-state index is -1.77. The molecule has 2 aliphatic heterocycles. The third kappa shape index (κ3) is 4.01. The van der Waals surface area contributed by atoms with Crippen LogP contribution in [0.15, 0.2) is 35.6 Å². The molecule has 0 spiro atoms. The van der Waals surface area contributed by atoms with Crippen molar-refractivity contribution in [3.63, 3.8) is 0 Å². The number of hydrogen-bond donors (Lipinski definition) is 2. The number of nitrogens with two attached hydrogens (primary N) is 1. The lowest BCUT2D eigenvalue weighted by Crippen LogP contribution is -2.60. The van der Waals surface area contributed by atoms with Crippen LogP contribution in [0.5, 0.6) is 0 Å². The number of thioether (sulfide) groups is 1. The minimum Gasteiger partial charge on any atom is -0.379 e. The van der Waals surface area contributed by atoms with Gasteiger partial charge in [-0.15, -0.1) is 0 Å². The summed E-state index contributed by atoms with van der Waals surface area (Å²) >= 11 is 1.14. The zero-order valence-corrected chi connectivity index (χ0v) is 18.0. The van der Waals surface area contributed by atoms with E-state index < -0.39 is 22.9 Å². The van der Waals surface area contributed by atoms with E-state index in [0.717, 1.165) is 23.5 Å². The van der Waals surface area contributed by atoms with Crippen molar-refractivity contribution in [2.45, 2.75) is 44.0 Å². The van der Waals surface area contributed by atoms with E-state index in [9.17, 15) is 9.18 Å². The number of alkyl halides is 1. The van der Waals surface area contributed by atoms with Gasteiger partial charge in [-0.2, -0.15) is 0 Å². The number of fused-ring (bicyclic) bond motifs is 1. The van der Waals surface area contributed by atoms with Gasteiger partial charge in [0.25, 0.3) is 5.91 Å². The van der Waals surface area contributed by atoms with Crippen molar-refractivity contribution in [1.29, 1.82) is 0 Å². The molecule has 1 aromatic heterocycles. The van der Waals surface area contributed by atoms with E-state index in [4.69, 9.17) is 10.5 Å². The molecule has 1 fully saturated rings. The third-order valence-electron chi connectivity index (χ3n) is 5.61. The van der Waals surface area contributed by atoms with Crippen LogP contribution in [0.25, 0.3) is 0 Å². The Labute approximate surface area is 182 Å². The van der Waals surface area contributed by atoms with Crippen LogP contribution in [0.2, 0.25) is 0 Å². The topological polar surface area (TPSA) is 102 Å². The predicted octanol–water partition coefficient (Wildman–Crippen LogP) is 3.20. The summed E-state index contributed by atoms with van der Waals surface area (Å²) in [7, 11) is 0. The summed E-state index contributed by atoms with van der Waals surface area (Å²) in [6.07, 6.45) is 3.37. The molecule has 0 radical (unpaired) electrons. The Morgan fingerprint density at radius 2 is 2.16 bits per heavy atom. The van der Waals surface area contributed by atoms with E-state index in [1.54, 1.807) is 6.92 Å². The SMILES string of the molecule is CCc1cnc(C(=O)Nc2cc(F)cc([C@]34CO[C@@H](C)C[C@@]3(F)CSC(N)=N4)c2)cn1. The molecule has 2 aliphatic rings. The van der Waals surface area contributed by atoms with Gasteiger partial charge in [0.15, 0.2) is 10.8 Å². The van der Waals surface area contributed by atoms with E-state index in [0.29, 0.717) is 6.42 Å². The quantitative estimate of drug-likeness (QED) is 0.746. The second-order valence-corrected chi connectivity index (χ2v) is 8.81. The first-order valence-electron chi connectivity index (χ1n) is 9.97. The Morgan fingerprint density at radius 3 is 2.87 bits per heavy atom. The monoisotopic (exact) mass is 447 g/mol. The van der Waals surface area contributed by atoms with Gasteiger partial charge in [0.05, 0.1) is 24.6 Å². The van der Waals surface area contributed by atoms with Gasteiger partial charge < -0.3 is 15.8 Å². The molecule has 3 heterocycles. The molecule has 3 N–H and O–H groups in total. The van der Waals surface area contributed by atoms with Crippen molar-refractivity contribution < 1.29 is 18.3 Å². The van der Waals surface area contributed by atoms with Crippen molar-refractivity contribution in [2.24, 2.45) is 10.7 Å². The summed E-state index contributed by atoms with van der Waals surface area (Å²) in [4.78, 5) is 25.2. The van der Waals surface area contributed by atoms with Gasteiger partial charge in [-0.3, -0.25) is 9.78 Å². The van der Waals surface area contributed by atoms with Crippen LogP contribution in [-0.4, -0.2) is 45.2 Å². The number of aryl methyl sites for hydroxylation is 1. The molecule has 4 rings (SSSR count). The van der Waals surface area contributed by atoms with E-state index in [1.165, 1.54) is 24.5 Å². The summed E-state index contributed by atoms with van der Waals surface area (Å²) in [5, 5.41) is 2.83. The summed E-state index contributed by atoms with van der Waals surface area (Å²) in [6.45, 7) is 3.64. The number of hydrogen-bond acceptors (Lipinski definition) is 7. The molecule has 2 aromatic rings. The molecule has 7 nitrogen and oxygen atoms in total. The lowest BCUT2D eigenvalue weighted by Gasteiger charge is -2.49. The molecule has 0 aliphatic carbocycles. The third-order valence-corrected chi connectivity index (χ3v) is 6.60. The van der Waals surface area contributed by atoms with E-state index >= 15 is 4.39 Å². The Hall–Kier alpha value is -2.59. The van der Waals surface area contributed by atoms with Gasteiger partial charge in [0, 0.05) is 24.1 Å². The van der Waals surface area contributed by atoms with Crippen molar-refractivity contribution in [1.82, 2.24) is 9.97 Å². The first-order valence-corrected chi connectivity index (χ1v) is 11.0. The first-order chi connectivity index (χ1) is 14.7. The summed E-state index contributed by atoms with van der Waals surface area (Å²) in [5.41, 5.74) is 3.92. The number of carbonyl (C=O) groups is 1. The maximum atomic E-state index is 16.2. The number of aliphatic imine (C=N–C) groups is 1. The van der Waals surface area contributed by atoms with Gasteiger partial charge in [-0.05, 0) is 37.1 Å². The molecule has 3 atom stereocenters. The van der Waals surface area contributed by atoms with Gasteiger partial charge in [0.2, 0.25) is 0 Å². The smallest absolute Gasteiger partial charge is 0.275 e. The van der Waals surface area contributed by atoms with Crippen LogP contribution in [0.4, 0.5) is 14.5 Å². The van der Waals surface area contributed by atoms with Crippen LogP contribution >= 0.6 is 11.8 Å². The number of carbonyl (C=O) groups excluding carboxylic acids is 1. The number of nitrogens with one attached hydrogen (secondary N) is 1. The maximum Gasteiger partial charge on any atom is 0.275 e. The molecule has 0 saturated carbocycles. The number of amidine groups is 1. The summed E-state index contributed by atoms with van der Waals surface area (Å²) in [6, 6.07) is 3.88. The van der Waals surface area contributed by atoms with Crippen molar-refractivity contribution >= 4 is 28.5 Å². The maximum absolute atomic E-state index is 16.2. The van der Waals surface area contributed by atoms with Crippen LogP contribution < -0.4 is 11.1 Å². The number of nitrogens with zero attached hydrogens (tertiary/aromatic N) is 3. The zero-order valence-electron chi connectivity index (χ0n) is 17.2. The average molecular weight is 448 g/mol. The minimum absolute atomic E-state index is 0.0767. The van der Waals surface area contributed by atoms with Crippen molar-refractivity contribution in [2.75, 3.05) is 17.7 Å². The molecule has 0 bridgehead atoms. The average Bonchev–Trinajstić information content (AvgIpc) is 2.74. The van der Waals surface area contributed by atoms with E-state index in [-0.39, 0.29) is 47.0 Å². The van der Waals surface area contributed by atoms with Gasteiger partial charge in [0.1, 0.15) is 17.1 Å². The number of aromatic nitrogens is 2. The largest absolute Gasteiger partial charge is 0.379 e.